The van der Waals surface area contributed by atoms with E-state index in [1.165, 1.54) is 51.6 Å². The van der Waals surface area contributed by atoms with E-state index in [0.717, 1.165) is 6.04 Å². The van der Waals surface area contributed by atoms with Gasteiger partial charge in [0.05, 0.1) is 0 Å². The zero-order valence-electron chi connectivity index (χ0n) is 8.73. The van der Waals surface area contributed by atoms with Crippen molar-refractivity contribution in [1.29, 1.82) is 0 Å². The fourth-order valence-corrected chi connectivity index (χ4v) is 2.44. The molecule has 2 fully saturated rings. The van der Waals surface area contributed by atoms with Crippen molar-refractivity contribution < 1.29 is 0 Å². The van der Waals surface area contributed by atoms with Gasteiger partial charge in [0.1, 0.15) is 0 Å². The van der Waals surface area contributed by atoms with Crippen LogP contribution in [0.3, 0.4) is 0 Å². The van der Waals surface area contributed by atoms with Crippen LogP contribution in [0.1, 0.15) is 45.4 Å². The number of hydrogen-bond donors (Lipinski definition) is 2. The quantitative estimate of drug-likeness (QED) is 0.691. The Morgan fingerprint density at radius 3 is 2.77 bits per heavy atom. The molecule has 1 aliphatic heterocycles. The van der Waals surface area contributed by atoms with Crippen LogP contribution in [0, 0.1) is 0 Å². The second-order valence-electron chi connectivity index (χ2n) is 4.92. The molecule has 0 aromatic rings. The second kappa shape index (κ2) is 3.97. The van der Waals surface area contributed by atoms with Gasteiger partial charge >= 0.3 is 0 Å². The molecule has 2 N–H and O–H groups in total. The highest BCUT2D eigenvalue weighted by Gasteiger charge is 2.30. The van der Waals surface area contributed by atoms with Gasteiger partial charge in [-0.15, -0.1) is 0 Å². The van der Waals surface area contributed by atoms with Crippen LogP contribution in [0.25, 0.3) is 0 Å². The van der Waals surface area contributed by atoms with Crippen molar-refractivity contribution in [2.45, 2.75) is 57.0 Å². The van der Waals surface area contributed by atoms with E-state index in [-0.39, 0.29) is 0 Å². The SMILES string of the molecule is CC1(NCCC2CCCN2)CCC1. The minimum absolute atomic E-state index is 0.499. The summed E-state index contributed by atoms with van der Waals surface area (Å²) in [4.78, 5) is 0. The van der Waals surface area contributed by atoms with Crippen LogP contribution < -0.4 is 10.6 Å². The van der Waals surface area contributed by atoms with Crippen LogP contribution >= 0.6 is 0 Å². The first-order chi connectivity index (χ1) is 6.29. The Labute approximate surface area is 81.5 Å². The van der Waals surface area contributed by atoms with E-state index in [1.54, 1.807) is 0 Å². The van der Waals surface area contributed by atoms with Crippen LogP contribution in [0.5, 0.6) is 0 Å². The monoisotopic (exact) mass is 182 g/mol. The number of rotatable bonds is 4. The maximum absolute atomic E-state index is 3.68. The summed E-state index contributed by atoms with van der Waals surface area (Å²) in [5.74, 6) is 0. The molecule has 2 rings (SSSR count). The van der Waals surface area contributed by atoms with E-state index in [1.807, 2.05) is 0 Å². The summed E-state index contributed by atoms with van der Waals surface area (Å²) >= 11 is 0. The molecule has 1 atom stereocenters. The van der Waals surface area contributed by atoms with Crippen LogP contribution in [0.2, 0.25) is 0 Å². The molecule has 13 heavy (non-hydrogen) atoms. The van der Waals surface area contributed by atoms with Gasteiger partial charge in [0.15, 0.2) is 0 Å². The summed E-state index contributed by atoms with van der Waals surface area (Å²) in [7, 11) is 0. The summed E-state index contributed by atoms with van der Waals surface area (Å²) < 4.78 is 0. The molecule has 2 aliphatic rings. The summed E-state index contributed by atoms with van der Waals surface area (Å²) in [6, 6.07) is 0.802. The molecule has 2 heteroatoms. The van der Waals surface area contributed by atoms with E-state index < -0.39 is 0 Å². The lowest BCUT2D eigenvalue weighted by atomic mass is 9.78. The summed E-state index contributed by atoms with van der Waals surface area (Å²) in [5.41, 5.74) is 0.499. The van der Waals surface area contributed by atoms with Crippen molar-refractivity contribution in [3.8, 4) is 0 Å². The molecule has 1 heterocycles. The Morgan fingerprint density at radius 2 is 2.23 bits per heavy atom. The normalized spacial score (nSPS) is 31.6. The van der Waals surface area contributed by atoms with Gasteiger partial charge in [-0.05, 0) is 58.5 Å². The van der Waals surface area contributed by atoms with Crippen molar-refractivity contribution in [3.63, 3.8) is 0 Å². The third-order valence-electron chi connectivity index (χ3n) is 3.66. The molecular formula is C11H22N2. The average Bonchev–Trinajstić information content (AvgIpc) is 2.54. The average molecular weight is 182 g/mol. The molecule has 2 nitrogen and oxygen atoms in total. The lowest BCUT2D eigenvalue weighted by Crippen LogP contribution is -2.49. The highest BCUT2D eigenvalue weighted by Crippen LogP contribution is 2.30. The first kappa shape index (κ1) is 9.47. The topological polar surface area (TPSA) is 24.1 Å². The maximum Gasteiger partial charge on any atom is 0.0153 e. The smallest absolute Gasteiger partial charge is 0.0153 e. The van der Waals surface area contributed by atoms with Crippen molar-refractivity contribution in [2.75, 3.05) is 13.1 Å². The molecule has 0 amide bonds. The Hall–Kier alpha value is -0.0800. The lowest BCUT2D eigenvalue weighted by Gasteiger charge is -2.39. The van der Waals surface area contributed by atoms with Crippen LogP contribution in [0.15, 0.2) is 0 Å². The maximum atomic E-state index is 3.68. The van der Waals surface area contributed by atoms with Gasteiger partial charge in [0, 0.05) is 11.6 Å². The van der Waals surface area contributed by atoms with E-state index in [9.17, 15) is 0 Å². The molecule has 0 bridgehead atoms. The van der Waals surface area contributed by atoms with Crippen molar-refractivity contribution in [1.82, 2.24) is 10.6 Å². The molecule has 0 radical (unpaired) electrons. The molecule has 1 unspecified atom stereocenters. The van der Waals surface area contributed by atoms with Gasteiger partial charge in [-0.2, -0.15) is 0 Å². The number of nitrogens with one attached hydrogen (secondary N) is 2. The highest BCUT2D eigenvalue weighted by molar-refractivity contribution is 4.91. The molecule has 76 valence electrons. The van der Waals surface area contributed by atoms with Gasteiger partial charge in [-0.25, -0.2) is 0 Å². The largest absolute Gasteiger partial charge is 0.314 e. The van der Waals surface area contributed by atoms with Crippen LogP contribution in [-0.2, 0) is 0 Å². The van der Waals surface area contributed by atoms with Gasteiger partial charge in [-0.1, -0.05) is 0 Å². The van der Waals surface area contributed by atoms with Crippen LogP contribution in [0.4, 0.5) is 0 Å². The van der Waals surface area contributed by atoms with E-state index in [2.05, 4.69) is 17.6 Å². The van der Waals surface area contributed by atoms with E-state index in [0.29, 0.717) is 5.54 Å². The molecule has 1 saturated carbocycles. The summed E-state index contributed by atoms with van der Waals surface area (Å²) in [5, 5.41) is 7.22. The Bertz CT molecular complexity index is 157. The Kier molecular flexibility index (Phi) is 2.89. The zero-order valence-corrected chi connectivity index (χ0v) is 8.73. The van der Waals surface area contributed by atoms with Crippen molar-refractivity contribution in [3.05, 3.63) is 0 Å². The minimum Gasteiger partial charge on any atom is -0.314 e. The fraction of sp³-hybridized carbons (Fsp3) is 1.00. The molecule has 1 aliphatic carbocycles. The first-order valence-corrected chi connectivity index (χ1v) is 5.77. The lowest BCUT2D eigenvalue weighted by molar-refractivity contribution is 0.206. The summed E-state index contributed by atoms with van der Waals surface area (Å²) in [6.07, 6.45) is 8.26. The third-order valence-corrected chi connectivity index (χ3v) is 3.66. The number of hydrogen-bond acceptors (Lipinski definition) is 2. The first-order valence-electron chi connectivity index (χ1n) is 5.77. The second-order valence-corrected chi connectivity index (χ2v) is 4.92. The van der Waals surface area contributed by atoms with Gasteiger partial charge < -0.3 is 10.6 Å². The molecule has 0 aromatic heterocycles. The van der Waals surface area contributed by atoms with Gasteiger partial charge in [0.2, 0.25) is 0 Å². The van der Waals surface area contributed by atoms with Crippen LogP contribution in [-0.4, -0.2) is 24.7 Å². The predicted octanol–water partition coefficient (Wildman–Crippen LogP) is 1.66. The standard InChI is InChI=1S/C11H22N2/c1-11(6-3-7-11)13-9-5-10-4-2-8-12-10/h10,12-13H,2-9H2,1H3. The minimum atomic E-state index is 0.499. The predicted molar refractivity (Wildman–Crippen MR) is 55.9 cm³/mol. The fourth-order valence-electron chi connectivity index (χ4n) is 2.44. The van der Waals surface area contributed by atoms with Gasteiger partial charge in [0.25, 0.3) is 0 Å². The highest BCUT2D eigenvalue weighted by atomic mass is 15.0. The van der Waals surface area contributed by atoms with E-state index >= 15 is 0 Å². The zero-order chi connectivity index (χ0) is 9.15. The Balaban J connectivity index is 1.57. The van der Waals surface area contributed by atoms with Gasteiger partial charge in [-0.3, -0.25) is 0 Å². The van der Waals surface area contributed by atoms with Crippen molar-refractivity contribution in [2.24, 2.45) is 0 Å². The molecule has 0 aromatic carbocycles. The summed E-state index contributed by atoms with van der Waals surface area (Å²) in [6.45, 7) is 4.80. The Morgan fingerprint density at radius 1 is 1.38 bits per heavy atom. The molecular weight excluding hydrogens is 160 g/mol. The van der Waals surface area contributed by atoms with E-state index in [4.69, 9.17) is 0 Å². The van der Waals surface area contributed by atoms with Crippen molar-refractivity contribution >= 4 is 0 Å². The molecule has 0 spiro atoms. The molecule has 1 saturated heterocycles. The third kappa shape index (κ3) is 2.44.